The minimum Gasteiger partial charge on any atom is -0.469 e. The van der Waals surface area contributed by atoms with Gasteiger partial charge in [0, 0.05) is 17.8 Å². The van der Waals surface area contributed by atoms with E-state index in [2.05, 4.69) is 13.8 Å². The van der Waals surface area contributed by atoms with E-state index in [1.807, 2.05) is 0 Å². The van der Waals surface area contributed by atoms with Gasteiger partial charge >= 0.3 is 5.97 Å². The molecule has 3 saturated carbocycles. The summed E-state index contributed by atoms with van der Waals surface area (Å²) in [4.78, 5) is 25.0. The highest BCUT2D eigenvalue weighted by atomic mass is 16.7. The molecule has 1 heterocycles. The normalized spacial score (nSPS) is 47.6. The van der Waals surface area contributed by atoms with Crippen LogP contribution in [0.5, 0.6) is 0 Å². The van der Waals surface area contributed by atoms with Gasteiger partial charge < -0.3 is 24.1 Å². The molecule has 6 heteroatoms. The van der Waals surface area contributed by atoms with Gasteiger partial charge in [0.25, 0.3) is 0 Å². The maximum absolute atomic E-state index is 12.6. The van der Waals surface area contributed by atoms with Crippen LogP contribution in [-0.4, -0.2) is 49.6 Å². The second kappa shape index (κ2) is 7.06. The van der Waals surface area contributed by atoms with Crippen LogP contribution in [0.3, 0.4) is 0 Å². The smallest absolute Gasteiger partial charge is 0.309 e. The van der Waals surface area contributed by atoms with E-state index in [-0.39, 0.29) is 40.5 Å². The van der Waals surface area contributed by atoms with Gasteiger partial charge in [0.1, 0.15) is 6.29 Å². The number of carbonyl (C=O) groups excluding carboxylic acids is 2. The highest BCUT2D eigenvalue weighted by Crippen LogP contribution is 2.66. The highest BCUT2D eigenvalue weighted by Gasteiger charge is 2.67. The quantitative estimate of drug-likeness (QED) is 0.585. The van der Waals surface area contributed by atoms with Gasteiger partial charge in [-0.25, -0.2) is 0 Å². The number of hydrogen-bond donors (Lipinski definition) is 1. The topological polar surface area (TPSA) is 82.1 Å². The number of fused-ring (bicyclic) bond motifs is 2. The van der Waals surface area contributed by atoms with Crippen LogP contribution in [0.15, 0.2) is 0 Å². The number of aliphatic hydroxyl groups is 1. The summed E-state index contributed by atoms with van der Waals surface area (Å²) in [6.07, 6.45) is 6.03. The fourth-order valence-corrected chi connectivity index (χ4v) is 7.30. The maximum atomic E-state index is 12.6. The largest absolute Gasteiger partial charge is 0.469 e. The molecule has 0 unspecified atom stereocenters. The van der Waals surface area contributed by atoms with Crippen molar-refractivity contribution in [1.82, 2.24) is 0 Å². The van der Waals surface area contributed by atoms with E-state index in [0.29, 0.717) is 26.1 Å². The maximum Gasteiger partial charge on any atom is 0.309 e. The lowest BCUT2D eigenvalue weighted by Gasteiger charge is -2.56. The van der Waals surface area contributed by atoms with Crippen molar-refractivity contribution >= 4 is 12.3 Å². The summed E-state index contributed by atoms with van der Waals surface area (Å²) in [6.45, 7) is 5.61. The van der Waals surface area contributed by atoms with Crippen molar-refractivity contribution < 1.29 is 28.9 Å². The predicted octanol–water partition coefficient (Wildman–Crippen LogP) is 2.71. The molecule has 0 bridgehead atoms. The molecular weight excluding hydrogens is 360 g/mol. The molecule has 158 valence electrons. The third-order valence-electron chi connectivity index (χ3n) is 8.94. The third kappa shape index (κ3) is 2.71. The van der Waals surface area contributed by atoms with Crippen LogP contribution in [-0.2, 0) is 23.8 Å². The summed E-state index contributed by atoms with van der Waals surface area (Å²) in [6, 6.07) is 0. The summed E-state index contributed by atoms with van der Waals surface area (Å²) in [5, 5.41) is 10.2. The van der Waals surface area contributed by atoms with Crippen molar-refractivity contribution in [3.63, 3.8) is 0 Å². The highest BCUT2D eigenvalue weighted by molar-refractivity contribution is 5.73. The summed E-state index contributed by atoms with van der Waals surface area (Å²) in [7, 11) is 1.41. The second-order valence-electron chi connectivity index (χ2n) is 9.88. The first-order chi connectivity index (χ1) is 13.3. The van der Waals surface area contributed by atoms with Gasteiger partial charge in [0.15, 0.2) is 5.79 Å². The van der Waals surface area contributed by atoms with Crippen LogP contribution in [0.25, 0.3) is 0 Å². The minimum absolute atomic E-state index is 0.108. The van der Waals surface area contributed by atoms with Gasteiger partial charge in [-0.2, -0.15) is 0 Å². The molecule has 4 aliphatic rings. The molecule has 1 spiro atoms. The average Bonchev–Trinajstić information content (AvgIpc) is 3.29. The van der Waals surface area contributed by atoms with Crippen molar-refractivity contribution in [3.8, 4) is 0 Å². The summed E-state index contributed by atoms with van der Waals surface area (Å²) in [5.41, 5.74) is -0.511. The van der Waals surface area contributed by atoms with Crippen molar-refractivity contribution in [2.45, 2.75) is 70.7 Å². The average molecular weight is 395 g/mol. The van der Waals surface area contributed by atoms with E-state index >= 15 is 0 Å². The standard InChI is InChI=1S/C22H34O6/c1-20(7-4-14(24)12-18(20)19(25)26-3)16-5-8-21(2)17(15(16)13-23)6-9-22(21)27-10-11-28-22/h13-18,24H,4-12H2,1-3H3/t14-,15+,16-,17-,18+,20+,21-/m0/s1. The number of aliphatic hydroxyl groups excluding tert-OH is 1. The van der Waals surface area contributed by atoms with E-state index in [0.717, 1.165) is 38.4 Å². The van der Waals surface area contributed by atoms with Crippen molar-refractivity contribution in [2.24, 2.45) is 34.5 Å². The number of ether oxygens (including phenoxy) is 3. The molecular formula is C22H34O6. The van der Waals surface area contributed by atoms with Crippen LogP contribution in [0.2, 0.25) is 0 Å². The van der Waals surface area contributed by atoms with Gasteiger partial charge in [0.2, 0.25) is 0 Å². The van der Waals surface area contributed by atoms with Crippen molar-refractivity contribution in [3.05, 3.63) is 0 Å². The zero-order valence-electron chi connectivity index (χ0n) is 17.3. The second-order valence-corrected chi connectivity index (χ2v) is 9.88. The molecule has 7 atom stereocenters. The molecule has 4 rings (SSSR count). The molecule has 28 heavy (non-hydrogen) atoms. The molecule has 0 aromatic rings. The Balaban J connectivity index is 1.66. The first-order valence-corrected chi connectivity index (χ1v) is 10.8. The lowest BCUT2D eigenvalue weighted by atomic mass is 9.49. The van der Waals surface area contributed by atoms with Gasteiger partial charge in [0.05, 0.1) is 32.3 Å². The van der Waals surface area contributed by atoms with E-state index in [1.54, 1.807) is 0 Å². The third-order valence-corrected chi connectivity index (χ3v) is 8.94. The fraction of sp³-hybridized carbons (Fsp3) is 0.909. The Morgan fingerprint density at radius 3 is 2.39 bits per heavy atom. The van der Waals surface area contributed by atoms with Crippen LogP contribution in [0, 0.1) is 34.5 Å². The van der Waals surface area contributed by atoms with E-state index in [1.165, 1.54) is 7.11 Å². The zero-order chi connectivity index (χ0) is 20.2. The van der Waals surface area contributed by atoms with Gasteiger partial charge in [-0.1, -0.05) is 13.8 Å². The molecule has 1 aliphatic heterocycles. The van der Waals surface area contributed by atoms with E-state index < -0.39 is 11.9 Å². The Morgan fingerprint density at radius 2 is 1.75 bits per heavy atom. The Morgan fingerprint density at radius 1 is 1.07 bits per heavy atom. The summed E-state index contributed by atoms with van der Waals surface area (Å²) < 4.78 is 17.3. The number of carbonyl (C=O) groups is 2. The molecule has 0 amide bonds. The Hall–Kier alpha value is -0.980. The van der Waals surface area contributed by atoms with Crippen LogP contribution in [0.1, 0.15) is 58.8 Å². The van der Waals surface area contributed by atoms with Crippen LogP contribution < -0.4 is 0 Å². The minimum atomic E-state index is -0.546. The molecule has 1 saturated heterocycles. The fourth-order valence-electron chi connectivity index (χ4n) is 7.30. The first kappa shape index (κ1) is 20.3. The van der Waals surface area contributed by atoms with Crippen molar-refractivity contribution in [2.75, 3.05) is 20.3 Å². The monoisotopic (exact) mass is 394 g/mol. The molecule has 0 aromatic carbocycles. The first-order valence-electron chi connectivity index (χ1n) is 10.8. The molecule has 4 fully saturated rings. The molecule has 1 N–H and O–H groups in total. The van der Waals surface area contributed by atoms with Gasteiger partial charge in [-0.3, -0.25) is 4.79 Å². The Labute approximate surface area is 167 Å². The van der Waals surface area contributed by atoms with E-state index in [4.69, 9.17) is 14.2 Å². The van der Waals surface area contributed by atoms with E-state index in [9.17, 15) is 14.7 Å². The molecule has 0 radical (unpaired) electrons. The summed E-state index contributed by atoms with van der Waals surface area (Å²) in [5.74, 6) is -0.995. The zero-order valence-corrected chi connectivity index (χ0v) is 17.3. The Bertz CT molecular complexity index is 629. The molecule has 6 nitrogen and oxygen atoms in total. The lowest BCUT2D eigenvalue weighted by molar-refractivity contribution is -0.242. The SMILES string of the molecule is COC(=O)[C@H]1C[C@@H](O)CC[C@]1(C)[C@H]1CC[C@@]2(C)[C@@H](CCC23OCCO3)[C@@H]1C=O. The lowest BCUT2D eigenvalue weighted by Crippen LogP contribution is -2.56. The van der Waals surface area contributed by atoms with Crippen molar-refractivity contribution in [1.29, 1.82) is 0 Å². The number of rotatable bonds is 3. The number of esters is 1. The van der Waals surface area contributed by atoms with Crippen LogP contribution >= 0.6 is 0 Å². The number of hydrogen-bond acceptors (Lipinski definition) is 6. The summed E-state index contributed by atoms with van der Waals surface area (Å²) >= 11 is 0. The van der Waals surface area contributed by atoms with Gasteiger partial charge in [-0.05, 0) is 55.8 Å². The number of aldehydes is 1. The Kier molecular flexibility index (Phi) is 5.12. The molecule has 3 aliphatic carbocycles. The van der Waals surface area contributed by atoms with Crippen LogP contribution in [0.4, 0.5) is 0 Å². The molecule has 0 aromatic heterocycles. The predicted molar refractivity (Wildman–Crippen MR) is 101 cm³/mol. The number of methoxy groups -OCH3 is 1. The van der Waals surface area contributed by atoms with Gasteiger partial charge in [-0.15, -0.1) is 0 Å².